The molecular formula is C22H31NO5. The number of nitrogens with zero attached hydrogens (tertiary/aromatic N) is 1. The average Bonchev–Trinajstić information content (AvgIpc) is 2.93. The molecule has 6 heteroatoms. The van der Waals surface area contributed by atoms with Gasteiger partial charge in [0.05, 0.1) is 12.5 Å². The SMILES string of the molecule is CC(C)CC(CC(=O)OC(C)(C)C)C(=O)N1C(=O)OC[C@@H]1Cc1ccccc1. The molecule has 0 radical (unpaired) electrons. The van der Waals surface area contributed by atoms with Gasteiger partial charge in [0.15, 0.2) is 0 Å². The zero-order valence-corrected chi connectivity index (χ0v) is 17.4. The third-order valence-corrected chi connectivity index (χ3v) is 4.45. The van der Waals surface area contributed by atoms with Gasteiger partial charge in [-0.15, -0.1) is 0 Å². The van der Waals surface area contributed by atoms with E-state index in [4.69, 9.17) is 9.47 Å². The van der Waals surface area contributed by atoms with E-state index in [0.29, 0.717) is 12.8 Å². The molecule has 6 nitrogen and oxygen atoms in total. The molecule has 1 aliphatic rings. The Balaban J connectivity index is 2.15. The number of amides is 2. The Labute approximate surface area is 167 Å². The Bertz CT molecular complexity index is 693. The molecule has 1 aliphatic heterocycles. The first-order valence-corrected chi connectivity index (χ1v) is 9.82. The highest BCUT2D eigenvalue weighted by Crippen LogP contribution is 2.26. The van der Waals surface area contributed by atoms with Crippen LogP contribution in [-0.2, 0) is 25.5 Å². The summed E-state index contributed by atoms with van der Waals surface area (Å²) in [5.74, 6) is -1.21. The Morgan fingerprint density at radius 3 is 2.43 bits per heavy atom. The van der Waals surface area contributed by atoms with E-state index in [2.05, 4.69) is 0 Å². The van der Waals surface area contributed by atoms with Gasteiger partial charge in [0.25, 0.3) is 0 Å². The zero-order valence-electron chi connectivity index (χ0n) is 17.4. The summed E-state index contributed by atoms with van der Waals surface area (Å²) in [4.78, 5) is 39.0. The molecule has 0 bridgehead atoms. The predicted molar refractivity (Wildman–Crippen MR) is 106 cm³/mol. The second kappa shape index (κ2) is 9.22. The number of carbonyl (C=O) groups excluding carboxylic acids is 3. The van der Waals surface area contributed by atoms with Crippen LogP contribution in [0.15, 0.2) is 30.3 Å². The molecule has 1 heterocycles. The lowest BCUT2D eigenvalue weighted by atomic mass is 9.92. The van der Waals surface area contributed by atoms with Crippen LogP contribution < -0.4 is 0 Å². The summed E-state index contributed by atoms with van der Waals surface area (Å²) in [6, 6.07) is 9.31. The molecule has 0 aliphatic carbocycles. The molecule has 1 fully saturated rings. The van der Waals surface area contributed by atoms with Gasteiger partial charge < -0.3 is 9.47 Å². The molecule has 0 aromatic heterocycles. The van der Waals surface area contributed by atoms with Crippen molar-refractivity contribution in [1.29, 1.82) is 0 Å². The number of ether oxygens (including phenoxy) is 2. The number of imide groups is 1. The van der Waals surface area contributed by atoms with Crippen molar-refractivity contribution in [2.75, 3.05) is 6.61 Å². The number of cyclic esters (lactones) is 1. The van der Waals surface area contributed by atoms with Crippen LogP contribution in [0, 0.1) is 11.8 Å². The van der Waals surface area contributed by atoms with Gasteiger partial charge in [-0.3, -0.25) is 9.59 Å². The minimum atomic E-state index is -0.635. The van der Waals surface area contributed by atoms with Crippen molar-refractivity contribution < 1.29 is 23.9 Å². The summed E-state index contributed by atoms with van der Waals surface area (Å²) in [6.07, 6.45) is 0.346. The van der Waals surface area contributed by atoms with Crippen LogP contribution in [0.25, 0.3) is 0 Å². The van der Waals surface area contributed by atoms with E-state index in [9.17, 15) is 14.4 Å². The molecule has 1 unspecified atom stereocenters. The summed E-state index contributed by atoms with van der Waals surface area (Å²) in [5.41, 5.74) is 0.404. The maximum atomic E-state index is 13.2. The van der Waals surface area contributed by atoms with E-state index in [1.807, 2.05) is 44.2 Å². The fourth-order valence-electron chi connectivity index (χ4n) is 3.39. The Hall–Kier alpha value is -2.37. The lowest BCUT2D eigenvalue weighted by Crippen LogP contribution is -2.44. The van der Waals surface area contributed by atoms with E-state index in [1.54, 1.807) is 20.8 Å². The van der Waals surface area contributed by atoms with Gasteiger partial charge in [0, 0.05) is 5.92 Å². The molecule has 1 saturated heterocycles. The highest BCUT2D eigenvalue weighted by atomic mass is 16.6. The summed E-state index contributed by atoms with van der Waals surface area (Å²) in [6.45, 7) is 9.51. The normalized spacial score (nSPS) is 18.1. The van der Waals surface area contributed by atoms with Crippen LogP contribution in [0.5, 0.6) is 0 Å². The van der Waals surface area contributed by atoms with Crippen LogP contribution in [0.2, 0.25) is 0 Å². The van der Waals surface area contributed by atoms with Gasteiger partial charge in [0.1, 0.15) is 12.2 Å². The zero-order chi connectivity index (χ0) is 20.9. The van der Waals surface area contributed by atoms with Crippen molar-refractivity contribution in [3.05, 3.63) is 35.9 Å². The number of esters is 1. The third-order valence-electron chi connectivity index (χ3n) is 4.45. The molecule has 1 aromatic rings. The molecule has 2 rings (SSSR count). The van der Waals surface area contributed by atoms with E-state index in [-0.39, 0.29) is 30.9 Å². The highest BCUT2D eigenvalue weighted by molar-refractivity contribution is 5.96. The predicted octanol–water partition coefficient (Wildman–Crippen LogP) is 3.97. The maximum absolute atomic E-state index is 13.2. The Kier molecular flexibility index (Phi) is 7.22. The largest absolute Gasteiger partial charge is 0.460 e. The van der Waals surface area contributed by atoms with Gasteiger partial charge in [-0.25, -0.2) is 9.69 Å². The lowest BCUT2D eigenvalue weighted by molar-refractivity contribution is -0.158. The molecule has 154 valence electrons. The first kappa shape index (κ1) is 21.9. The first-order valence-electron chi connectivity index (χ1n) is 9.82. The standard InChI is InChI=1S/C22H31NO5/c1-15(2)11-17(13-19(24)28-22(3,4)5)20(25)23-18(14-27-21(23)26)12-16-9-7-6-8-10-16/h6-10,15,17-18H,11-14H2,1-5H3/t17?,18-/m0/s1. The lowest BCUT2D eigenvalue weighted by Gasteiger charge is -2.27. The van der Waals surface area contributed by atoms with Gasteiger partial charge in [0.2, 0.25) is 5.91 Å². The maximum Gasteiger partial charge on any atom is 0.416 e. The number of hydrogen-bond donors (Lipinski definition) is 0. The van der Waals surface area contributed by atoms with Crippen LogP contribution in [0.3, 0.4) is 0 Å². The van der Waals surface area contributed by atoms with Crippen LogP contribution >= 0.6 is 0 Å². The number of benzene rings is 1. The van der Waals surface area contributed by atoms with Crippen molar-refractivity contribution in [2.24, 2.45) is 11.8 Å². The molecule has 0 spiro atoms. The molecular weight excluding hydrogens is 358 g/mol. The van der Waals surface area contributed by atoms with E-state index >= 15 is 0 Å². The highest BCUT2D eigenvalue weighted by Gasteiger charge is 2.41. The van der Waals surface area contributed by atoms with Crippen molar-refractivity contribution in [2.45, 2.75) is 65.5 Å². The van der Waals surface area contributed by atoms with E-state index in [0.717, 1.165) is 5.56 Å². The second-order valence-corrected chi connectivity index (χ2v) is 8.75. The fourth-order valence-corrected chi connectivity index (χ4v) is 3.39. The smallest absolute Gasteiger partial charge is 0.416 e. The number of rotatable bonds is 7. The van der Waals surface area contributed by atoms with Crippen LogP contribution in [-0.4, -0.2) is 41.1 Å². The molecule has 0 N–H and O–H groups in total. The van der Waals surface area contributed by atoms with Gasteiger partial charge in [-0.1, -0.05) is 44.2 Å². The van der Waals surface area contributed by atoms with E-state index in [1.165, 1.54) is 4.90 Å². The summed E-state index contributed by atoms with van der Waals surface area (Å²) in [5, 5.41) is 0. The molecule has 1 aromatic carbocycles. The minimum absolute atomic E-state index is 0.0455. The van der Waals surface area contributed by atoms with E-state index < -0.39 is 23.6 Å². The third kappa shape index (κ3) is 6.36. The van der Waals surface area contributed by atoms with Gasteiger partial charge in [-0.2, -0.15) is 0 Å². The van der Waals surface area contributed by atoms with Gasteiger partial charge >= 0.3 is 12.1 Å². The average molecular weight is 389 g/mol. The summed E-state index contributed by atoms with van der Waals surface area (Å²) in [7, 11) is 0. The summed E-state index contributed by atoms with van der Waals surface area (Å²) >= 11 is 0. The second-order valence-electron chi connectivity index (χ2n) is 8.75. The van der Waals surface area contributed by atoms with Crippen LogP contribution in [0.4, 0.5) is 4.79 Å². The minimum Gasteiger partial charge on any atom is -0.460 e. The molecule has 2 amide bonds. The fraction of sp³-hybridized carbons (Fsp3) is 0.591. The van der Waals surface area contributed by atoms with Crippen LogP contribution in [0.1, 0.15) is 53.0 Å². The number of carbonyl (C=O) groups is 3. The monoisotopic (exact) mass is 389 g/mol. The summed E-state index contributed by atoms with van der Waals surface area (Å²) < 4.78 is 10.5. The van der Waals surface area contributed by atoms with Crippen molar-refractivity contribution >= 4 is 18.0 Å². The Morgan fingerprint density at radius 2 is 1.86 bits per heavy atom. The Morgan fingerprint density at radius 1 is 1.21 bits per heavy atom. The molecule has 28 heavy (non-hydrogen) atoms. The first-order chi connectivity index (χ1) is 13.1. The quantitative estimate of drug-likeness (QED) is 0.660. The topological polar surface area (TPSA) is 72.9 Å². The van der Waals surface area contributed by atoms with Crippen molar-refractivity contribution in [3.63, 3.8) is 0 Å². The molecule has 0 saturated carbocycles. The number of hydrogen-bond acceptors (Lipinski definition) is 5. The molecule has 2 atom stereocenters. The van der Waals surface area contributed by atoms with Crippen molar-refractivity contribution in [1.82, 2.24) is 4.90 Å². The van der Waals surface area contributed by atoms with Crippen molar-refractivity contribution in [3.8, 4) is 0 Å². The van der Waals surface area contributed by atoms with Gasteiger partial charge in [-0.05, 0) is 45.1 Å².